The third kappa shape index (κ3) is 5.86. The molecular formula is C20H17N5O2. The van der Waals surface area contributed by atoms with Crippen LogP contribution in [-0.2, 0) is 0 Å². The number of aliphatic imine (C=N–C) groups is 1. The number of nitrogens with zero attached hydrogens (tertiary/aromatic N) is 4. The fourth-order valence-corrected chi connectivity index (χ4v) is 2.04. The van der Waals surface area contributed by atoms with Crippen LogP contribution in [0.5, 0.6) is 5.75 Å². The molecule has 0 unspecified atom stereocenters. The number of benzene rings is 1. The van der Waals surface area contributed by atoms with Gasteiger partial charge in [-0.25, -0.2) is 10.4 Å². The Bertz CT molecular complexity index is 913. The molecular weight excluding hydrogens is 342 g/mol. The van der Waals surface area contributed by atoms with Crippen molar-refractivity contribution in [3.8, 4) is 5.75 Å². The summed E-state index contributed by atoms with van der Waals surface area (Å²) in [6.45, 7) is 0.0994. The van der Waals surface area contributed by atoms with E-state index in [9.17, 15) is 4.79 Å². The molecule has 0 spiro atoms. The zero-order valence-electron chi connectivity index (χ0n) is 14.4. The molecule has 3 aromatic rings. The smallest absolute Gasteiger partial charge is 0.271 e. The molecule has 0 radical (unpaired) electrons. The fourth-order valence-electron chi connectivity index (χ4n) is 2.04. The van der Waals surface area contributed by atoms with E-state index < -0.39 is 0 Å². The minimum absolute atomic E-state index is 0.0994. The molecule has 134 valence electrons. The number of pyridine rings is 2. The number of rotatable bonds is 6. The van der Waals surface area contributed by atoms with Gasteiger partial charge in [-0.05, 0) is 42.0 Å². The van der Waals surface area contributed by atoms with Crippen molar-refractivity contribution in [1.82, 2.24) is 15.4 Å². The van der Waals surface area contributed by atoms with Crippen molar-refractivity contribution in [1.29, 1.82) is 0 Å². The van der Waals surface area contributed by atoms with Crippen LogP contribution in [-0.4, -0.2) is 34.5 Å². The first-order chi connectivity index (χ1) is 13.3. The van der Waals surface area contributed by atoms with Gasteiger partial charge < -0.3 is 4.74 Å². The molecule has 1 amide bonds. The summed E-state index contributed by atoms with van der Waals surface area (Å²) >= 11 is 0. The Labute approximate surface area is 156 Å². The summed E-state index contributed by atoms with van der Waals surface area (Å²) in [5.41, 5.74) is 3.80. The number of carbonyl (C=O) groups excluding carboxylic acids is 1. The van der Waals surface area contributed by atoms with E-state index >= 15 is 0 Å². The summed E-state index contributed by atoms with van der Waals surface area (Å²) in [5.74, 6) is 0.650. The van der Waals surface area contributed by atoms with Crippen molar-refractivity contribution in [2.24, 2.45) is 10.1 Å². The highest BCUT2D eigenvalue weighted by atomic mass is 16.5. The first-order valence-corrected chi connectivity index (χ1v) is 8.20. The molecule has 0 aliphatic heterocycles. The van der Waals surface area contributed by atoms with Gasteiger partial charge in [-0.15, -0.1) is 0 Å². The summed E-state index contributed by atoms with van der Waals surface area (Å²) in [6, 6.07) is 16.1. The number of hydrogen-bond acceptors (Lipinski definition) is 5. The number of carbonyl (C=O) groups is 1. The van der Waals surface area contributed by atoms with Gasteiger partial charge in [0.1, 0.15) is 12.4 Å². The van der Waals surface area contributed by atoms with Crippen molar-refractivity contribution >= 4 is 18.0 Å². The monoisotopic (exact) mass is 359 g/mol. The van der Waals surface area contributed by atoms with Gasteiger partial charge in [0.2, 0.25) is 0 Å². The molecule has 2 heterocycles. The van der Waals surface area contributed by atoms with Gasteiger partial charge in [-0.3, -0.25) is 14.8 Å². The number of hydrogen-bond donors (Lipinski definition) is 1. The molecule has 0 fully saturated rings. The molecule has 7 heteroatoms. The second kappa shape index (κ2) is 9.57. The van der Waals surface area contributed by atoms with Gasteiger partial charge in [-0.2, -0.15) is 5.10 Å². The minimum atomic E-state index is -0.353. The van der Waals surface area contributed by atoms with Crippen molar-refractivity contribution in [2.45, 2.75) is 0 Å². The average molecular weight is 359 g/mol. The van der Waals surface area contributed by atoms with Crippen LogP contribution in [0.2, 0.25) is 0 Å². The van der Waals surface area contributed by atoms with Crippen molar-refractivity contribution in [3.05, 3.63) is 90.5 Å². The predicted molar refractivity (Wildman–Crippen MR) is 103 cm³/mol. The number of aromatic nitrogens is 2. The average Bonchev–Trinajstić information content (AvgIpc) is 2.75. The Balaban J connectivity index is 1.71. The van der Waals surface area contributed by atoms with E-state index in [1.165, 1.54) is 0 Å². The Kier molecular flexibility index (Phi) is 6.36. The molecule has 0 aliphatic carbocycles. The third-order valence-electron chi connectivity index (χ3n) is 3.41. The third-order valence-corrected chi connectivity index (χ3v) is 3.41. The first-order valence-electron chi connectivity index (χ1n) is 8.20. The molecule has 0 saturated carbocycles. The van der Waals surface area contributed by atoms with Crippen LogP contribution in [0.4, 0.5) is 0 Å². The van der Waals surface area contributed by atoms with Gasteiger partial charge in [0.25, 0.3) is 5.91 Å². The largest absolute Gasteiger partial charge is 0.486 e. The maximum Gasteiger partial charge on any atom is 0.271 e. The normalized spacial score (nSPS) is 11.3. The molecule has 1 aromatic carbocycles. The van der Waals surface area contributed by atoms with Crippen molar-refractivity contribution < 1.29 is 9.53 Å². The first kappa shape index (κ1) is 17.9. The molecule has 0 aliphatic rings. The van der Waals surface area contributed by atoms with Gasteiger partial charge in [0.15, 0.2) is 5.84 Å². The summed E-state index contributed by atoms with van der Waals surface area (Å²) in [7, 11) is 0. The van der Waals surface area contributed by atoms with Gasteiger partial charge in [0.05, 0.1) is 0 Å². The molecule has 7 nitrogen and oxygen atoms in total. The zero-order chi connectivity index (χ0) is 18.7. The quantitative estimate of drug-likeness (QED) is 0.416. The highest BCUT2D eigenvalue weighted by Gasteiger charge is 2.05. The molecule has 27 heavy (non-hydrogen) atoms. The van der Waals surface area contributed by atoms with Crippen LogP contribution < -0.4 is 10.2 Å². The number of nitrogens with one attached hydrogen (secondary N) is 1. The summed E-state index contributed by atoms with van der Waals surface area (Å²) < 4.78 is 5.68. The summed E-state index contributed by atoms with van der Waals surface area (Å²) in [5, 5.41) is 4.09. The van der Waals surface area contributed by atoms with Crippen LogP contribution in [0, 0.1) is 0 Å². The number of hydrazone groups is 1. The van der Waals surface area contributed by atoms with Crippen LogP contribution in [0.3, 0.4) is 0 Å². The Morgan fingerprint density at radius 1 is 0.963 bits per heavy atom. The lowest BCUT2D eigenvalue weighted by Gasteiger charge is -2.06. The van der Waals surface area contributed by atoms with E-state index in [-0.39, 0.29) is 12.5 Å². The van der Waals surface area contributed by atoms with E-state index in [0.29, 0.717) is 17.1 Å². The lowest BCUT2D eigenvalue weighted by atomic mass is 10.3. The number of ether oxygens (including phenoxy) is 1. The topological polar surface area (TPSA) is 88.8 Å². The molecule has 0 bridgehead atoms. The van der Waals surface area contributed by atoms with Crippen LogP contribution in [0.1, 0.15) is 15.9 Å². The van der Waals surface area contributed by atoms with E-state index in [2.05, 4.69) is 25.5 Å². The van der Waals surface area contributed by atoms with Crippen molar-refractivity contribution in [3.63, 3.8) is 0 Å². The lowest BCUT2D eigenvalue weighted by molar-refractivity contribution is 0.0954. The van der Waals surface area contributed by atoms with Gasteiger partial charge in [-0.1, -0.05) is 18.2 Å². The van der Waals surface area contributed by atoms with E-state index in [4.69, 9.17) is 4.74 Å². The highest BCUT2D eigenvalue weighted by Crippen LogP contribution is 2.08. The highest BCUT2D eigenvalue weighted by molar-refractivity contribution is 5.98. The Morgan fingerprint density at radius 2 is 1.63 bits per heavy atom. The van der Waals surface area contributed by atoms with E-state index in [0.717, 1.165) is 5.56 Å². The molecule has 1 N–H and O–H groups in total. The van der Waals surface area contributed by atoms with Gasteiger partial charge in [0, 0.05) is 36.6 Å². The van der Waals surface area contributed by atoms with Crippen LogP contribution >= 0.6 is 0 Å². The maximum absolute atomic E-state index is 12.2. The van der Waals surface area contributed by atoms with Gasteiger partial charge >= 0.3 is 0 Å². The second-order valence-corrected chi connectivity index (χ2v) is 5.35. The van der Waals surface area contributed by atoms with E-state index in [1.807, 2.05) is 42.5 Å². The SMILES string of the molecule is O=C(N/N=C(/COc1ccccc1)N=Cc1ccncc1)c1ccncc1. The zero-order valence-corrected chi connectivity index (χ0v) is 14.4. The van der Waals surface area contributed by atoms with Crippen LogP contribution in [0.15, 0.2) is 89.5 Å². The molecule has 3 rings (SSSR count). The van der Waals surface area contributed by atoms with Crippen molar-refractivity contribution in [2.75, 3.05) is 6.61 Å². The Morgan fingerprint density at radius 3 is 2.33 bits per heavy atom. The maximum atomic E-state index is 12.2. The van der Waals surface area contributed by atoms with Crippen LogP contribution in [0.25, 0.3) is 0 Å². The second-order valence-electron chi connectivity index (χ2n) is 5.35. The number of amidine groups is 1. The standard InChI is InChI=1S/C20H17N5O2/c26-20(17-8-12-22-13-9-17)25-24-19(15-27-18-4-2-1-3-5-18)23-14-16-6-10-21-11-7-16/h1-14H,15H2,(H,25,26)/b23-14?,24-19-. The lowest BCUT2D eigenvalue weighted by Crippen LogP contribution is -2.21. The van der Waals surface area contributed by atoms with E-state index in [1.54, 1.807) is 43.1 Å². The summed E-state index contributed by atoms with van der Waals surface area (Å²) in [4.78, 5) is 24.3. The molecule has 2 aromatic heterocycles. The number of para-hydroxylation sites is 1. The molecule has 0 atom stereocenters. The fraction of sp³-hybridized carbons (Fsp3) is 0.0500. The Hall–Kier alpha value is -3.87. The minimum Gasteiger partial charge on any atom is -0.486 e. The molecule has 0 saturated heterocycles. The summed E-state index contributed by atoms with van der Waals surface area (Å²) in [6.07, 6.45) is 8.06. The predicted octanol–water partition coefficient (Wildman–Crippen LogP) is 2.72. The number of amides is 1.